The minimum absolute atomic E-state index is 0.0765. The van der Waals surface area contributed by atoms with E-state index < -0.39 is 0 Å². The van der Waals surface area contributed by atoms with Crippen LogP contribution in [0.5, 0.6) is 0 Å². The smallest absolute Gasteiger partial charge is 0.122 e. The average molecular weight is 260 g/mol. The van der Waals surface area contributed by atoms with Crippen molar-refractivity contribution in [3.63, 3.8) is 0 Å². The molecule has 0 aliphatic carbocycles. The summed E-state index contributed by atoms with van der Waals surface area (Å²) < 4.78 is 7.79. The van der Waals surface area contributed by atoms with Crippen molar-refractivity contribution < 1.29 is 4.42 Å². The zero-order chi connectivity index (χ0) is 13.2. The molecule has 0 amide bonds. The Labute approximate surface area is 113 Å². The molecule has 0 saturated carbocycles. The average Bonchev–Trinajstić information content (AvgIpc) is 3.08. The van der Waals surface area contributed by atoms with Gasteiger partial charge in [0, 0.05) is 31.5 Å². The zero-order valence-corrected chi connectivity index (χ0v) is 11.2. The lowest BCUT2D eigenvalue weighted by atomic mass is 10.0. The van der Waals surface area contributed by atoms with E-state index in [1.807, 2.05) is 24.5 Å². The van der Waals surface area contributed by atoms with Gasteiger partial charge in [-0.3, -0.25) is 4.90 Å². The molecule has 3 rings (SSSR count). The van der Waals surface area contributed by atoms with Crippen LogP contribution in [0.1, 0.15) is 31.0 Å². The van der Waals surface area contributed by atoms with E-state index in [1.54, 1.807) is 6.26 Å². The summed E-state index contributed by atoms with van der Waals surface area (Å²) in [7, 11) is 0. The molecule has 0 bridgehead atoms. The molecule has 19 heavy (non-hydrogen) atoms. The van der Waals surface area contributed by atoms with Crippen LogP contribution in [0.3, 0.4) is 0 Å². The van der Waals surface area contributed by atoms with Gasteiger partial charge in [-0.2, -0.15) is 0 Å². The van der Waals surface area contributed by atoms with Crippen molar-refractivity contribution >= 4 is 0 Å². The van der Waals surface area contributed by atoms with E-state index in [2.05, 4.69) is 21.4 Å². The Balaban J connectivity index is 1.85. The van der Waals surface area contributed by atoms with Gasteiger partial charge in [0.05, 0.1) is 18.8 Å². The second-order valence-electron chi connectivity index (χ2n) is 5.04. The van der Waals surface area contributed by atoms with Crippen LogP contribution >= 0.6 is 0 Å². The molecule has 0 saturated heterocycles. The fourth-order valence-corrected chi connectivity index (χ4v) is 2.77. The van der Waals surface area contributed by atoms with E-state index in [1.165, 1.54) is 0 Å². The molecule has 2 aromatic rings. The molecule has 1 aliphatic rings. The largest absolute Gasteiger partial charge is 0.468 e. The third-order valence-corrected chi connectivity index (χ3v) is 3.88. The number of hydrogen-bond donors (Lipinski definition) is 1. The number of furan rings is 1. The van der Waals surface area contributed by atoms with Crippen LogP contribution in [0.2, 0.25) is 0 Å². The monoisotopic (exact) mass is 260 g/mol. The van der Waals surface area contributed by atoms with E-state index in [0.717, 1.165) is 37.6 Å². The van der Waals surface area contributed by atoms with Crippen molar-refractivity contribution in [3.05, 3.63) is 42.4 Å². The van der Waals surface area contributed by atoms with E-state index in [9.17, 15) is 0 Å². The molecular weight excluding hydrogens is 240 g/mol. The third-order valence-electron chi connectivity index (χ3n) is 3.88. The summed E-state index contributed by atoms with van der Waals surface area (Å²) in [5, 5.41) is 0. The minimum atomic E-state index is 0.0765. The number of aromatic nitrogens is 2. The predicted molar refractivity (Wildman–Crippen MR) is 72.4 cm³/mol. The highest BCUT2D eigenvalue weighted by Crippen LogP contribution is 2.28. The molecule has 2 atom stereocenters. The van der Waals surface area contributed by atoms with Crippen molar-refractivity contribution in [1.29, 1.82) is 0 Å². The van der Waals surface area contributed by atoms with E-state index >= 15 is 0 Å². The lowest BCUT2D eigenvalue weighted by Gasteiger charge is -2.36. The predicted octanol–water partition coefficient (Wildman–Crippen LogP) is 1.77. The highest BCUT2D eigenvalue weighted by Gasteiger charge is 2.30. The van der Waals surface area contributed by atoms with E-state index in [4.69, 9.17) is 10.2 Å². The molecule has 2 unspecified atom stereocenters. The van der Waals surface area contributed by atoms with Gasteiger partial charge in [0.25, 0.3) is 0 Å². The quantitative estimate of drug-likeness (QED) is 0.910. The molecular formula is C14H20N4O. The maximum atomic E-state index is 6.31. The number of hydrogen-bond acceptors (Lipinski definition) is 4. The summed E-state index contributed by atoms with van der Waals surface area (Å²) in [6, 6.07) is 4.15. The second kappa shape index (κ2) is 5.19. The van der Waals surface area contributed by atoms with Gasteiger partial charge in [0.15, 0.2) is 0 Å². The number of rotatable bonds is 4. The molecule has 0 fully saturated rings. The molecule has 2 aromatic heterocycles. The van der Waals surface area contributed by atoms with Gasteiger partial charge in [0.1, 0.15) is 11.6 Å². The summed E-state index contributed by atoms with van der Waals surface area (Å²) in [6.07, 6.45) is 6.54. The summed E-state index contributed by atoms with van der Waals surface area (Å²) in [4.78, 5) is 6.78. The fourth-order valence-electron chi connectivity index (χ4n) is 2.77. The van der Waals surface area contributed by atoms with Gasteiger partial charge in [-0.05, 0) is 18.6 Å². The lowest BCUT2D eigenvalue weighted by molar-refractivity contribution is 0.113. The maximum Gasteiger partial charge on any atom is 0.122 e. The molecule has 102 valence electrons. The van der Waals surface area contributed by atoms with Crippen LogP contribution in [-0.4, -0.2) is 27.0 Å². The maximum absolute atomic E-state index is 6.31. The summed E-state index contributed by atoms with van der Waals surface area (Å²) >= 11 is 0. The van der Waals surface area contributed by atoms with Crippen molar-refractivity contribution in [2.75, 3.05) is 6.54 Å². The first kappa shape index (κ1) is 12.4. The number of imidazole rings is 1. The Bertz CT molecular complexity index is 519. The Hall–Kier alpha value is -1.59. The number of nitrogens with two attached hydrogens (primary N) is 1. The van der Waals surface area contributed by atoms with Crippen molar-refractivity contribution in [1.82, 2.24) is 14.5 Å². The van der Waals surface area contributed by atoms with Gasteiger partial charge in [-0.15, -0.1) is 0 Å². The SMILES string of the molecule is CCC(N)C(c1ccco1)N1CCn2ccnc2C1. The Morgan fingerprint density at radius 1 is 1.47 bits per heavy atom. The normalized spacial score (nSPS) is 19.1. The molecule has 5 heteroatoms. The first-order valence-corrected chi connectivity index (χ1v) is 6.82. The lowest BCUT2D eigenvalue weighted by Crippen LogP contribution is -2.44. The number of nitrogens with zero attached hydrogens (tertiary/aromatic N) is 3. The molecule has 0 radical (unpaired) electrons. The van der Waals surface area contributed by atoms with Gasteiger partial charge >= 0.3 is 0 Å². The van der Waals surface area contributed by atoms with Crippen LogP contribution in [0.15, 0.2) is 35.2 Å². The number of fused-ring (bicyclic) bond motifs is 1. The fraction of sp³-hybridized carbons (Fsp3) is 0.500. The second-order valence-corrected chi connectivity index (χ2v) is 5.04. The van der Waals surface area contributed by atoms with Crippen LogP contribution < -0.4 is 5.73 Å². The molecule has 0 spiro atoms. The Kier molecular flexibility index (Phi) is 3.40. The molecule has 1 aliphatic heterocycles. The summed E-state index contributed by atoms with van der Waals surface area (Å²) in [6.45, 7) is 4.88. The van der Waals surface area contributed by atoms with Crippen molar-refractivity contribution in [2.45, 2.75) is 38.5 Å². The van der Waals surface area contributed by atoms with E-state index in [-0.39, 0.29) is 12.1 Å². The molecule has 2 N–H and O–H groups in total. The van der Waals surface area contributed by atoms with Crippen molar-refractivity contribution in [3.8, 4) is 0 Å². The first-order valence-electron chi connectivity index (χ1n) is 6.82. The highest BCUT2D eigenvalue weighted by atomic mass is 16.3. The first-order chi connectivity index (χ1) is 9.29. The van der Waals surface area contributed by atoms with Crippen LogP contribution in [0.4, 0.5) is 0 Å². The standard InChI is InChI=1S/C14H20N4O/c1-2-11(15)14(12-4-3-9-19-12)18-8-7-17-6-5-16-13(17)10-18/h3-6,9,11,14H,2,7-8,10,15H2,1H3. The summed E-state index contributed by atoms with van der Waals surface area (Å²) in [5.74, 6) is 2.06. The molecule has 0 aromatic carbocycles. The van der Waals surface area contributed by atoms with Gasteiger partial charge in [-0.1, -0.05) is 6.92 Å². The minimum Gasteiger partial charge on any atom is -0.468 e. The van der Waals surface area contributed by atoms with Crippen molar-refractivity contribution in [2.24, 2.45) is 5.73 Å². The third kappa shape index (κ3) is 2.31. The van der Waals surface area contributed by atoms with Crippen LogP contribution in [0, 0.1) is 0 Å². The Morgan fingerprint density at radius 3 is 3.11 bits per heavy atom. The Morgan fingerprint density at radius 2 is 2.37 bits per heavy atom. The highest BCUT2D eigenvalue weighted by molar-refractivity contribution is 5.09. The molecule has 3 heterocycles. The van der Waals surface area contributed by atoms with Gasteiger partial charge in [0.2, 0.25) is 0 Å². The van der Waals surface area contributed by atoms with Crippen LogP contribution in [-0.2, 0) is 13.1 Å². The molecule has 5 nitrogen and oxygen atoms in total. The van der Waals surface area contributed by atoms with Crippen LogP contribution in [0.25, 0.3) is 0 Å². The zero-order valence-electron chi connectivity index (χ0n) is 11.2. The summed E-state index contributed by atoms with van der Waals surface area (Å²) in [5.41, 5.74) is 6.31. The van der Waals surface area contributed by atoms with Gasteiger partial charge in [-0.25, -0.2) is 4.98 Å². The van der Waals surface area contributed by atoms with E-state index in [0.29, 0.717) is 0 Å². The topological polar surface area (TPSA) is 60.2 Å². The van der Waals surface area contributed by atoms with Gasteiger partial charge < -0.3 is 14.7 Å².